The lowest BCUT2D eigenvalue weighted by Crippen LogP contribution is -1.89. The molecule has 0 N–H and O–H groups in total. The number of benzene rings is 6. The Hall–Kier alpha value is -6.26. The Morgan fingerprint density at radius 3 is 2.04 bits per heavy atom. The van der Waals surface area contributed by atoms with E-state index in [2.05, 4.69) is 132 Å². The van der Waals surface area contributed by atoms with Crippen LogP contribution in [0.4, 0.5) is 0 Å². The summed E-state index contributed by atoms with van der Waals surface area (Å²) in [7, 11) is 0. The predicted molar refractivity (Wildman–Crippen MR) is 189 cm³/mol. The average molecular weight is 588 g/mol. The summed E-state index contributed by atoms with van der Waals surface area (Å²) in [5.41, 5.74) is 11.4. The van der Waals surface area contributed by atoms with Crippen molar-refractivity contribution >= 4 is 60.2 Å². The van der Waals surface area contributed by atoms with Gasteiger partial charge in [0.15, 0.2) is 0 Å². The summed E-state index contributed by atoms with van der Waals surface area (Å²) in [6, 6.07) is 48.9. The van der Waals surface area contributed by atoms with E-state index in [1.54, 1.807) is 0 Å². The molecule has 0 spiro atoms. The molecule has 4 aromatic heterocycles. The minimum Gasteiger partial charge on any atom is -0.456 e. The SMILES string of the molecule is c1ccc(-c2ccc(-c3ccc4c(c3)c3ccccc3c3nc5cc(-c6ccc7oc8ccccc8c7c6)ccn5c43)nc2)cc1. The summed E-state index contributed by atoms with van der Waals surface area (Å²) in [4.78, 5) is 10.1. The summed E-state index contributed by atoms with van der Waals surface area (Å²) < 4.78 is 8.30. The summed E-state index contributed by atoms with van der Waals surface area (Å²) in [6.45, 7) is 0. The van der Waals surface area contributed by atoms with Crippen LogP contribution in [0.3, 0.4) is 0 Å². The van der Waals surface area contributed by atoms with Crippen molar-refractivity contribution in [3.8, 4) is 33.5 Å². The highest BCUT2D eigenvalue weighted by atomic mass is 16.3. The van der Waals surface area contributed by atoms with Crippen molar-refractivity contribution < 1.29 is 4.42 Å². The fourth-order valence-corrected chi connectivity index (χ4v) is 7.00. The Morgan fingerprint density at radius 2 is 1.17 bits per heavy atom. The zero-order valence-electron chi connectivity index (χ0n) is 24.7. The van der Waals surface area contributed by atoms with Crippen molar-refractivity contribution in [2.75, 3.05) is 0 Å². The van der Waals surface area contributed by atoms with Crippen LogP contribution in [-0.4, -0.2) is 14.4 Å². The third-order valence-electron chi connectivity index (χ3n) is 9.25. The first-order valence-corrected chi connectivity index (χ1v) is 15.5. The second-order valence-corrected chi connectivity index (χ2v) is 11.9. The Balaban J connectivity index is 1.14. The van der Waals surface area contributed by atoms with Gasteiger partial charge >= 0.3 is 0 Å². The monoisotopic (exact) mass is 587 g/mol. The Labute approximate surface area is 263 Å². The third-order valence-corrected chi connectivity index (χ3v) is 9.25. The van der Waals surface area contributed by atoms with Crippen LogP contribution in [0.1, 0.15) is 0 Å². The van der Waals surface area contributed by atoms with Crippen LogP contribution in [0, 0.1) is 0 Å². The maximum absolute atomic E-state index is 6.07. The Morgan fingerprint density at radius 1 is 0.457 bits per heavy atom. The normalized spacial score (nSPS) is 11.9. The van der Waals surface area contributed by atoms with Crippen LogP contribution in [0.25, 0.3) is 93.7 Å². The highest BCUT2D eigenvalue weighted by molar-refractivity contribution is 6.24. The van der Waals surface area contributed by atoms with Gasteiger partial charge in [0.2, 0.25) is 0 Å². The number of hydrogen-bond acceptors (Lipinski definition) is 3. The van der Waals surface area contributed by atoms with E-state index in [9.17, 15) is 0 Å². The molecule has 0 bridgehead atoms. The van der Waals surface area contributed by atoms with Crippen molar-refractivity contribution in [2.45, 2.75) is 0 Å². The number of imidazole rings is 1. The molecule has 214 valence electrons. The average Bonchev–Trinajstić information content (AvgIpc) is 3.70. The lowest BCUT2D eigenvalue weighted by Gasteiger charge is -2.10. The number of nitrogens with zero attached hydrogens (tertiary/aromatic N) is 3. The van der Waals surface area contributed by atoms with Gasteiger partial charge in [-0.3, -0.25) is 9.38 Å². The molecule has 0 aliphatic rings. The molecule has 0 fully saturated rings. The van der Waals surface area contributed by atoms with E-state index in [4.69, 9.17) is 14.4 Å². The molecule has 4 heteroatoms. The molecule has 0 amide bonds. The Kier molecular flexibility index (Phi) is 5.25. The molecule has 0 aliphatic heterocycles. The van der Waals surface area contributed by atoms with Crippen molar-refractivity contribution in [1.82, 2.24) is 14.4 Å². The van der Waals surface area contributed by atoms with E-state index in [1.165, 1.54) is 21.7 Å². The number of rotatable bonds is 3. The minimum absolute atomic E-state index is 0.900. The van der Waals surface area contributed by atoms with Gasteiger partial charge in [0.05, 0.1) is 16.7 Å². The van der Waals surface area contributed by atoms with Crippen LogP contribution in [-0.2, 0) is 0 Å². The number of fused-ring (bicyclic) bond motifs is 11. The molecule has 0 aliphatic carbocycles. The summed E-state index contributed by atoms with van der Waals surface area (Å²) in [5, 5.41) is 6.95. The first-order valence-electron chi connectivity index (χ1n) is 15.5. The molecule has 4 heterocycles. The number of furan rings is 1. The van der Waals surface area contributed by atoms with Crippen molar-refractivity contribution in [2.24, 2.45) is 0 Å². The van der Waals surface area contributed by atoms with Crippen LogP contribution in [0.2, 0.25) is 0 Å². The summed E-state index contributed by atoms with van der Waals surface area (Å²) >= 11 is 0. The molecule has 10 rings (SSSR count). The molecule has 4 nitrogen and oxygen atoms in total. The highest BCUT2D eigenvalue weighted by Gasteiger charge is 2.16. The standard InChI is InChI=1S/C42H25N3O/c1-2-8-26(9-3-1)30-15-18-37(43-25-30)29-14-17-34-35(23-29)31-10-4-5-12-33(31)41-42(34)45-21-20-28(24-40(45)44-41)27-16-19-39-36(22-27)32-11-6-7-13-38(32)46-39/h1-25H. The van der Waals surface area contributed by atoms with Crippen LogP contribution >= 0.6 is 0 Å². The quantitative estimate of drug-likeness (QED) is 0.193. The molecule has 46 heavy (non-hydrogen) atoms. The van der Waals surface area contributed by atoms with E-state index in [0.29, 0.717) is 0 Å². The van der Waals surface area contributed by atoms with Gasteiger partial charge in [0.1, 0.15) is 16.8 Å². The highest BCUT2D eigenvalue weighted by Crippen LogP contribution is 2.38. The first kappa shape index (κ1) is 25.1. The Bertz CT molecular complexity index is 2790. The van der Waals surface area contributed by atoms with E-state index in [-0.39, 0.29) is 0 Å². The fraction of sp³-hybridized carbons (Fsp3) is 0. The van der Waals surface area contributed by atoms with Crippen molar-refractivity contribution in [3.05, 3.63) is 152 Å². The molecule has 0 radical (unpaired) electrons. The fourth-order valence-electron chi connectivity index (χ4n) is 7.00. The second kappa shape index (κ2) is 9.62. The molecular formula is C42H25N3O. The van der Waals surface area contributed by atoms with E-state index in [0.717, 1.165) is 72.0 Å². The number of para-hydroxylation sites is 1. The predicted octanol–water partition coefficient (Wildman–Crippen LogP) is 11.1. The summed E-state index contributed by atoms with van der Waals surface area (Å²) in [6.07, 6.45) is 4.12. The first-order chi connectivity index (χ1) is 22.8. The van der Waals surface area contributed by atoms with Crippen LogP contribution in [0.15, 0.2) is 156 Å². The minimum atomic E-state index is 0.900. The second-order valence-electron chi connectivity index (χ2n) is 11.9. The molecule has 6 aromatic carbocycles. The van der Waals surface area contributed by atoms with Gasteiger partial charge in [-0.1, -0.05) is 97.1 Å². The summed E-state index contributed by atoms with van der Waals surface area (Å²) in [5.74, 6) is 0. The van der Waals surface area contributed by atoms with Gasteiger partial charge < -0.3 is 4.42 Å². The molecule has 0 unspecified atom stereocenters. The van der Waals surface area contributed by atoms with Crippen LogP contribution < -0.4 is 0 Å². The molecule has 0 saturated heterocycles. The van der Waals surface area contributed by atoms with Gasteiger partial charge in [-0.25, -0.2) is 4.98 Å². The van der Waals surface area contributed by atoms with Gasteiger partial charge in [-0.15, -0.1) is 0 Å². The van der Waals surface area contributed by atoms with Gasteiger partial charge in [0, 0.05) is 45.1 Å². The number of hydrogen-bond donors (Lipinski definition) is 0. The largest absolute Gasteiger partial charge is 0.456 e. The smallest absolute Gasteiger partial charge is 0.138 e. The van der Waals surface area contributed by atoms with E-state index >= 15 is 0 Å². The van der Waals surface area contributed by atoms with E-state index < -0.39 is 0 Å². The molecule has 0 atom stereocenters. The van der Waals surface area contributed by atoms with Gasteiger partial charge in [0.25, 0.3) is 0 Å². The number of aromatic nitrogens is 3. The van der Waals surface area contributed by atoms with Gasteiger partial charge in [-0.2, -0.15) is 0 Å². The van der Waals surface area contributed by atoms with Crippen molar-refractivity contribution in [3.63, 3.8) is 0 Å². The third kappa shape index (κ3) is 3.74. The zero-order chi connectivity index (χ0) is 30.2. The van der Waals surface area contributed by atoms with Gasteiger partial charge in [-0.05, 0) is 69.9 Å². The maximum Gasteiger partial charge on any atom is 0.138 e. The van der Waals surface area contributed by atoms with E-state index in [1.807, 2.05) is 24.4 Å². The number of pyridine rings is 2. The van der Waals surface area contributed by atoms with Crippen molar-refractivity contribution in [1.29, 1.82) is 0 Å². The molecule has 0 saturated carbocycles. The topological polar surface area (TPSA) is 43.3 Å². The molecular weight excluding hydrogens is 562 g/mol. The lowest BCUT2D eigenvalue weighted by atomic mass is 9.97. The zero-order valence-corrected chi connectivity index (χ0v) is 24.7. The maximum atomic E-state index is 6.07. The van der Waals surface area contributed by atoms with Crippen LogP contribution in [0.5, 0.6) is 0 Å². The lowest BCUT2D eigenvalue weighted by molar-refractivity contribution is 0.669. The molecule has 10 aromatic rings.